The van der Waals surface area contributed by atoms with Crippen molar-refractivity contribution < 1.29 is 14.3 Å². The fourth-order valence-corrected chi connectivity index (χ4v) is 2.50. The Kier molecular flexibility index (Phi) is 4.40. The summed E-state index contributed by atoms with van der Waals surface area (Å²) in [5.41, 5.74) is 0. The molecule has 0 aromatic carbocycles. The van der Waals surface area contributed by atoms with Crippen molar-refractivity contribution in [3.63, 3.8) is 0 Å². The Morgan fingerprint density at radius 2 is 2.38 bits per heavy atom. The number of carbonyl (C=O) groups is 1. The molecular formula is C14H22N4O3. The van der Waals surface area contributed by atoms with Crippen molar-refractivity contribution in [2.75, 3.05) is 25.1 Å². The van der Waals surface area contributed by atoms with Gasteiger partial charge in [-0.1, -0.05) is 0 Å². The van der Waals surface area contributed by atoms with Crippen molar-refractivity contribution in [1.29, 1.82) is 0 Å². The van der Waals surface area contributed by atoms with Gasteiger partial charge in [0.1, 0.15) is 11.9 Å². The summed E-state index contributed by atoms with van der Waals surface area (Å²) in [4.78, 5) is 12.1. The second-order valence-electron chi connectivity index (χ2n) is 5.58. The highest BCUT2D eigenvalue weighted by atomic mass is 16.5. The average Bonchev–Trinajstić information content (AvgIpc) is 3.01. The van der Waals surface area contributed by atoms with Gasteiger partial charge in [0, 0.05) is 19.2 Å². The van der Waals surface area contributed by atoms with Crippen LogP contribution in [0.3, 0.4) is 0 Å². The monoisotopic (exact) mass is 294 g/mol. The quantitative estimate of drug-likeness (QED) is 0.827. The van der Waals surface area contributed by atoms with E-state index < -0.39 is 0 Å². The van der Waals surface area contributed by atoms with Crippen LogP contribution in [-0.4, -0.2) is 47.8 Å². The molecule has 0 unspecified atom stereocenters. The van der Waals surface area contributed by atoms with Crippen LogP contribution in [0.2, 0.25) is 0 Å². The van der Waals surface area contributed by atoms with Gasteiger partial charge < -0.3 is 14.8 Å². The van der Waals surface area contributed by atoms with Crippen molar-refractivity contribution in [3.8, 4) is 0 Å². The number of nitrogens with zero attached hydrogens (tertiary/aromatic N) is 2. The molecule has 7 heteroatoms. The van der Waals surface area contributed by atoms with Crippen molar-refractivity contribution in [1.82, 2.24) is 15.1 Å². The first-order valence-corrected chi connectivity index (χ1v) is 7.55. The van der Waals surface area contributed by atoms with Gasteiger partial charge in [-0.2, -0.15) is 5.10 Å². The van der Waals surface area contributed by atoms with E-state index in [9.17, 15) is 4.79 Å². The first-order valence-electron chi connectivity index (χ1n) is 7.55. The van der Waals surface area contributed by atoms with E-state index in [0.29, 0.717) is 25.7 Å². The minimum Gasteiger partial charge on any atom is -0.376 e. The Bertz CT molecular complexity index is 486. The predicted molar refractivity (Wildman–Crippen MR) is 77.1 cm³/mol. The van der Waals surface area contributed by atoms with Crippen molar-refractivity contribution in [2.45, 2.75) is 38.5 Å². The van der Waals surface area contributed by atoms with Gasteiger partial charge in [-0.15, -0.1) is 0 Å². The number of amides is 2. The second-order valence-corrected chi connectivity index (χ2v) is 5.58. The lowest BCUT2D eigenvalue weighted by Crippen LogP contribution is -2.45. The minimum absolute atomic E-state index is 0.0721. The van der Waals surface area contributed by atoms with Crippen LogP contribution in [0.25, 0.3) is 0 Å². The number of hydrogen-bond acceptors (Lipinski definition) is 4. The summed E-state index contributed by atoms with van der Waals surface area (Å²) in [7, 11) is 0. The zero-order valence-electron chi connectivity index (χ0n) is 12.2. The van der Waals surface area contributed by atoms with Gasteiger partial charge >= 0.3 is 6.03 Å². The van der Waals surface area contributed by atoms with Crippen LogP contribution in [0, 0.1) is 5.92 Å². The standard InChI is InChI=1S/C14H22N4O3/c1-2-21-12-9-20-8-11(12)16-14(19)17-13-5-6-15-18(13)7-10-3-4-10/h5-6,10-12H,2-4,7-9H2,1H3,(H2,16,17,19)/t11-,12-/m1/s1. The SMILES string of the molecule is CCO[C@@H]1COC[C@H]1NC(=O)Nc1ccnn1CC1CC1. The Morgan fingerprint density at radius 1 is 1.52 bits per heavy atom. The third-order valence-corrected chi connectivity index (χ3v) is 3.81. The van der Waals surface area contributed by atoms with Crippen LogP contribution in [-0.2, 0) is 16.0 Å². The molecule has 0 bridgehead atoms. The van der Waals surface area contributed by atoms with Crippen LogP contribution in [0.15, 0.2) is 12.3 Å². The molecule has 1 aromatic rings. The predicted octanol–water partition coefficient (Wildman–Crippen LogP) is 1.22. The molecule has 0 spiro atoms. The number of anilines is 1. The third kappa shape index (κ3) is 3.74. The molecule has 1 aliphatic heterocycles. The average molecular weight is 294 g/mol. The molecule has 0 radical (unpaired) electrons. The summed E-state index contributed by atoms with van der Waals surface area (Å²) in [6.07, 6.45) is 4.14. The summed E-state index contributed by atoms with van der Waals surface area (Å²) >= 11 is 0. The molecule has 1 saturated carbocycles. The van der Waals surface area contributed by atoms with E-state index >= 15 is 0 Å². The minimum atomic E-state index is -0.243. The molecule has 1 aromatic heterocycles. The molecule has 1 saturated heterocycles. The van der Waals surface area contributed by atoms with Crippen molar-refractivity contribution in [2.24, 2.45) is 5.92 Å². The number of carbonyl (C=O) groups excluding carboxylic acids is 1. The van der Waals surface area contributed by atoms with Crippen LogP contribution < -0.4 is 10.6 Å². The first kappa shape index (κ1) is 14.3. The van der Waals surface area contributed by atoms with Crippen molar-refractivity contribution in [3.05, 3.63) is 12.3 Å². The lowest BCUT2D eigenvalue weighted by molar-refractivity contribution is 0.0428. The summed E-state index contributed by atoms with van der Waals surface area (Å²) in [5, 5.41) is 10.0. The molecule has 21 heavy (non-hydrogen) atoms. The van der Waals surface area contributed by atoms with Gasteiger partial charge in [0.15, 0.2) is 0 Å². The van der Waals surface area contributed by atoms with E-state index in [-0.39, 0.29) is 18.2 Å². The van der Waals surface area contributed by atoms with Gasteiger partial charge in [0.2, 0.25) is 0 Å². The number of nitrogens with one attached hydrogen (secondary N) is 2. The van der Waals surface area contributed by atoms with E-state index in [4.69, 9.17) is 9.47 Å². The van der Waals surface area contributed by atoms with Gasteiger partial charge in [0.05, 0.1) is 25.5 Å². The zero-order valence-corrected chi connectivity index (χ0v) is 12.2. The van der Waals surface area contributed by atoms with Crippen molar-refractivity contribution >= 4 is 11.8 Å². The number of urea groups is 1. The van der Waals surface area contributed by atoms with Crippen LogP contribution in [0.1, 0.15) is 19.8 Å². The van der Waals surface area contributed by atoms with E-state index in [1.54, 1.807) is 6.20 Å². The molecule has 3 rings (SSSR count). The lowest BCUT2D eigenvalue weighted by Gasteiger charge is -2.19. The first-order chi connectivity index (χ1) is 10.3. The molecule has 2 N–H and O–H groups in total. The largest absolute Gasteiger partial charge is 0.376 e. The maximum Gasteiger partial charge on any atom is 0.320 e. The van der Waals surface area contributed by atoms with E-state index in [1.807, 2.05) is 17.7 Å². The normalized spacial score (nSPS) is 25.0. The summed E-state index contributed by atoms with van der Waals surface area (Å²) in [5.74, 6) is 1.44. The molecule has 2 atom stereocenters. The van der Waals surface area contributed by atoms with E-state index in [1.165, 1.54) is 12.8 Å². The number of aromatic nitrogens is 2. The van der Waals surface area contributed by atoms with Crippen LogP contribution in [0.4, 0.5) is 10.6 Å². The molecular weight excluding hydrogens is 272 g/mol. The Balaban J connectivity index is 1.52. The Morgan fingerprint density at radius 3 is 3.14 bits per heavy atom. The smallest absolute Gasteiger partial charge is 0.320 e. The fraction of sp³-hybridized carbons (Fsp3) is 0.714. The second kappa shape index (κ2) is 6.44. The third-order valence-electron chi connectivity index (χ3n) is 3.81. The van der Waals surface area contributed by atoms with E-state index in [0.717, 1.165) is 12.4 Å². The van der Waals surface area contributed by atoms with Crippen LogP contribution in [0.5, 0.6) is 0 Å². The number of rotatable bonds is 6. The molecule has 2 aliphatic rings. The van der Waals surface area contributed by atoms with Gasteiger partial charge in [0.25, 0.3) is 0 Å². The maximum absolute atomic E-state index is 12.1. The molecule has 2 amide bonds. The number of ether oxygens (including phenoxy) is 2. The lowest BCUT2D eigenvalue weighted by atomic mass is 10.2. The van der Waals surface area contributed by atoms with E-state index in [2.05, 4.69) is 15.7 Å². The fourth-order valence-electron chi connectivity index (χ4n) is 2.50. The van der Waals surface area contributed by atoms with Gasteiger partial charge in [-0.3, -0.25) is 5.32 Å². The Labute approximate surface area is 124 Å². The van der Waals surface area contributed by atoms with Crippen LogP contribution >= 0.6 is 0 Å². The molecule has 7 nitrogen and oxygen atoms in total. The summed E-state index contributed by atoms with van der Waals surface area (Å²) < 4.78 is 12.8. The highest BCUT2D eigenvalue weighted by molar-refractivity contribution is 5.88. The molecule has 2 fully saturated rings. The maximum atomic E-state index is 12.1. The Hall–Kier alpha value is -1.60. The summed E-state index contributed by atoms with van der Waals surface area (Å²) in [6.45, 7) is 4.43. The highest BCUT2D eigenvalue weighted by Gasteiger charge is 2.30. The molecule has 116 valence electrons. The zero-order chi connectivity index (χ0) is 14.7. The topological polar surface area (TPSA) is 77.4 Å². The number of hydrogen-bond donors (Lipinski definition) is 2. The molecule has 1 aliphatic carbocycles. The highest BCUT2D eigenvalue weighted by Crippen LogP contribution is 2.31. The molecule has 2 heterocycles. The van der Waals surface area contributed by atoms with Gasteiger partial charge in [-0.25, -0.2) is 9.48 Å². The summed E-state index contributed by atoms with van der Waals surface area (Å²) in [6, 6.07) is 1.46. The van der Waals surface area contributed by atoms with Gasteiger partial charge in [-0.05, 0) is 25.7 Å².